The van der Waals surface area contributed by atoms with E-state index < -0.39 is 5.79 Å². The average molecular weight is 397 g/mol. The van der Waals surface area contributed by atoms with Crippen LogP contribution in [-0.4, -0.2) is 24.1 Å². The van der Waals surface area contributed by atoms with E-state index in [9.17, 15) is 5.11 Å². The number of hydrogen-bond donors (Lipinski definition) is 1. The van der Waals surface area contributed by atoms with Crippen molar-refractivity contribution in [2.24, 2.45) is 5.41 Å². The van der Waals surface area contributed by atoms with Crippen LogP contribution < -0.4 is 4.57 Å². The van der Waals surface area contributed by atoms with Gasteiger partial charge in [-0.25, -0.2) is 0 Å². The summed E-state index contributed by atoms with van der Waals surface area (Å²) in [6.07, 6.45) is 2.13. The molecule has 0 radical (unpaired) electrons. The Kier molecular flexibility index (Phi) is 4.60. The van der Waals surface area contributed by atoms with Crippen LogP contribution in [0.4, 0.5) is 0 Å². The molecule has 2 bridgehead atoms. The fourth-order valence-corrected chi connectivity index (χ4v) is 5.78. The lowest BCUT2D eigenvalue weighted by Gasteiger charge is -2.58. The van der Waals surface area contributed by atoms with Gasteiger partial charge < -0.3 is 14.6 Å². The van der Waals surface area contributed by atoms with Gasteiger partial charge in [0.25, 0.3) is 0 Å². The van der Waals surface area contributed by atoms with Crippen molar-refractivity contribution in [2.45, 2.75) is 71.6 Å². The Morgan fingerprint density at radius 2 is 1.66 bits per heavy atom. The van der Waals surface area contributed by atoms with Crippen LogP contribution in [0.5, 0.6) is 5.75 Å². The monoisotopic (exact) mass is 396 g/mol. The van der Waals surface area contributed by atoms with E-state index in [4.69, 9.17) is 9.47 Å². The maximum atomic E-state index is 11.1. The highest BCUT2D eigenvalue weighted by Gasteiger charge is 2.71. The van der Waals surface area contributed by atoms with E-state index in [0.29, 0.717) is 19.0 Å². The largest absolute Gasteiger partial charge is 0.507 e. The Morgan fingerprint density at radius 3 is 2.24 bits per heavy atom. The first kappa shape index (κ1) is 20.4. The number of rotatable bonds is 4. The Labute approximate surface area is 174 Å². The first-order chi connectivity index (χ1) is 13.6. The molecule has 0 saturated carbocycles. The molecule has 5 rings (SSSR count). The summed E-state index contributed by atoms with van der Waals surface area (Å²) < 4.78 is 15.4. The molecule has 3 heterocycles. The van der Waals surface area contributed by atoms with Crippen molar-refractivity contribution in [3.8, 4) is 5.75 Å². The summed E-state index contributed by atoms with van der Waals surface area (Å²) in [4.78, 5) is 0. The van der Waals surface area contributed by atoms with Gasteiger partial charge in [0.2, 0.25) is 0 Å². The van der Waals surface area contributed by atoms with Gasteiger partial charge in [0, 0.05) is 25.3 Å². The van der Waals surface area contributed by atoms with Gasteiger partial charge in [-0.1, -0.05) is 32.9 Å². The smallest absolute Gasteiger partial charge is 0.197 e. The van der Waals surface area contributed by atoms with Crippen molar-refractivity contribution in [3.63, 3.8) is 0 Å². The normalized spacial score (nSPS) is 23.6. The zero-order chi connectivity index (χ0) is 21.2. The zero-order valence-electron chi connectivity index (χ0n) is 18.7. The lowest BCUT2D eigenvalue weighted by atomic mass is 9.55. The molecule has 3 aliphatic rings. The summed E-state index contributed by atoms with van der Waals surface area (Å²) in [5.74, 6) is -0.567. The van der Waals surface area contributed by atoms with Crippen molar-refractivity contribution in [1.29, 1.82) is 0 Å². The maximum Gasteiger partial charge on any atom is 0.197 e. The first-order valence-corrected chi connectivity index (χ1v) is 10.8. The van der Waals surface area contributed by atoms with Crippen LogP contribution in [0.25, 0.3) is 0 Å². The molecule has 1 N–H and O–H groups in total. The van der Waals surface area contributed by atoms with Crippen molar-refractivity contribution < 1.29 is 19.1 Å². The fourth-order valence-electron chi connectivity index (χ4n) is 5.78. The van der Waals surface area contributed by atoms with Crippen molar-refractivity contribution in [2.75, 3.05) is 13.2 Å². The molecular weight excluding hydrogens is 362 g/mol. The Morgan fingerprint density at radius 1 is 1.00 bits per heavy atom. The molecule has 4 heteroatoms. The van der Waals surface area contributed by atoms with Crippen LogP contribution in [0.15, 0.2) is 36.5 Å². The molecule has 29 heavy (non-hydrogen) atoms. The summed E-state index contributed by atoms with van der Waals surface area (Å²) in [6.45, 7) is 16.3. The second-order valence-electron chi connectivity index (χ2n) is 9.83. The summed E-state index contributed by atoms with van der Waals surface area (Å²) in [5.41, 5.74) is 4.17. The number of phenolic OH excluding ortho intramolecular Hbond substituents is 1. The van der Waals surface area contributed by atoms with Crippen LogP contribution in [0.3, 0.4) is 0 Å². The highest BCUT2D eigenvalue weighted by molar-refractivity contribution is 5.57. The van der Waals surface area contributed by atoms with Crippen LogP contribution in [0.2, 0.25) is 0 Å². The molecule has 0 fully saturated rings. The highest BCUT2D eigenvalue weighted by Crippen LogP contribution is 2.64. The predicted molar refractivity (Wildman–Crippen MR) is 113 cm³/mol. The van der Waals surface area contributed by atoms with E-state index >= 15 is 0 Å². The topological polar surface area (TPSA) is 42.6 Å². The van der Waals surface area contributed by atoms with E-state index in [1.807, 2.05) is 19.9 Å². The molecule has 1 aliphatic carbocycles. The van der Waals surface area contributed by atoms with Gasteiger partial charge in [-0.2, -0.15) is 4.57 Å². The molecular formula is C25H34NO3+. The molecule has 2 aliphatic heterocycles. The number of phenols is 1. The van der Waals surface area contributed by atoms with E-state index in [1.54, 1.807) is 0 Å². The molecule has 0 spiro atoms. The SMILES string of the molecule is CCOC1(OCC)C2c3c(C(C)(C)C)ccc(O)c3C([n+]3ccccc32)C1(C)C. The highest BCUT2D eigenvalue weighted by atomic mass is 16.7. The minimum atomic E-state index is -0.802. The number of aromatic nitrogens is 1. The number of nitrogens with zero attached hydrogens (tertiary/aromatic N) is 1. The van der Waals surface area contributed by atoms with Gasteiger partial charge in [0.15, 0.2) is 23.7 Å². The van der Waals surface area contributed by atoms with Gasteiger partial charge in [-0.3, -0.25) is 0 Å². The van der Waals surface area contributed by atoms with Crippen LogP contribution in [-0.2, 0) is 14.9 Å². The third kappa shape index (κ3) is 2.55. The van der Waals surface area contributed by atoms with Crippen molar-refractivity contribution in [1.82, 2.24) is 0 Å². The molecule has 2 aromatic rings. The van der Waals surface area contributed by atoms with Crippen molar-refractivity contribution >= 4 is 0 Å². The number of benzene rings is 1. The van der Waals surface area contributed by atoms with Gasteiger partial charge in [-0.05, 0) is 50.3 Å². The fraction of sp³-hybridized carbons (Fsp3) is 0.560. The number of aromatic hydroxyl groups is 1. The van der Waals surface area contributed by atoms with E-state index in [-0.39, 0.29) is 22.8 Å². The number of pyridine rings is 1. The molecule has 1 aromatic heterocycles. The summed E-state index contributed by atoms with van der Waals surface area (Å²) in [6, 6.07) is 10.2. The Bertz CT molecular complexity index is 936. The minimum absolute atomic E-state index is 0.0663. The zero-order valence-corrected chi connectivity index (χ0v) is 18.7. The van der Waals surface area contributed by atoms with Crippen LogP contribution >= 0.6 is 0 Å². The van der Waals surface area contributed by atoms with E-state index in [1.165, 1.54) is 16.8 Å². The van der Waals surface area contributed by atoms with Gasteiger partial charge >= 0.3 is 0 Å². The van der Waals surface area contributed by atoms with Gasteiger partial charge in [0.05, 0.1) is 11.0 Å². The summed E-state index contributed by atoms with van der Waals surface area (Å²) >= 11 is 0. The van der Waals surface area contributed by atoms with E-state index in [2.05, 4.69) is 69.6 Å². The lowest BCUT2D eigenvalue weighted by molar-refractivity contribution is -0.755. The quantitative estimate of drug-likeness (QED) is 0.595. The number of hydrogen-bond acceptors (Lipinski definition) is 3. The van der Waals surface area contributed by atoms with Gasteiger partial charge in [0.1, 0.15) is 11.7 Å². The second kappa shape index (κ2) is 6.55. The second-order valence-corrected chi connectivity index (χ2v) is 9.83. The first-order valence-electron chi connectivity index (χ1n) is 10.8. The molecule has 4 nitrogen and oxygen atoms in total. The molecule has 1 aromatic carbocycles. The molecule has 156 valence electrons. The lowest BCUT2D eigenvalue weighted by Crippen LogP contribution is -2.72. The molecule has 2 atom stereocenters. The molecule has 0 saturated heterocycles. The Hall–Kier alpha value is -1.91. The van der Waals surface area contributed by atoms with Crippen LogP contribution in [0, 0.1) is 5.41 Å². The minimum Gasteiger partial charge on any atom is -0.507 e. The average Bonchev–Trinajstić information content (AvgIpc) is 2.64. The Balaban J connectivity index is 2.16. The van der Waals surface area contributed by atoms with Gasteiger partial charge in [-0.15, -0.1) is 0 Å². The maximum absolute atomic E-state index is 11.1. The standard InChI is InChI=1S/C25H33NO3/c1-8-28-25(29-9-2)21-17-12-10-11-15-26(17)22(24(25,6)7)20-18(27)14-13-16(19(20)21)23(3,4)5/h10-15,21-22H,8-9H2,1-7H3/p+1. The number of fused-ring (bicyclic) bond motifs is 1. The van der Waals surface area contributed by atoms with Crippen molar-refractivity contribution in [3.05, 3.63) is 58.9 Å². The number of ether oxygens (including phenoxy) is 2. The molecule has 2 unspecified atom stereocenters. The van der Waals surface area contributed by atoms with E-state index in [0.717, 1.165) is 5.56 Å². The summed E-state index contributed by atoms with van der Waals surface area (Å²) in [5, 5.41) is 11.1. The van der Waals surface area contributed by atoms with Crippen LogP contribution in [0.1, 0.15) is 82.8 Å². The third-order valence-corrected chi connectivity index (χ3v) is 6.81. The summed E-state index contributed by atoms with van der Waals surface area (Å²) in [7, 11) is 0. The third-order valence-electron chi connectivity index (χ3n) is 6.81. The predicted octanol–water partition coefficient (Wildman–Crippen LogP) is 4.82. The molecule has 0 amide bonds.